The van der Waals surface area contributed by atoms with E-state index in [4.69, 9.17) is 16.3 Å². The molecule has 8 heteroatoms. The molecule has 0 unspecified atom stereocenters. The Hall–Kier alpha value is -1.83. The smallest absolute Gasteiger partial charge is 0.324 e. The van der Waals surface area contributed by atoms with E-state index in [-0.39, 0.29) is 18.0 Å². The maximum Gasteiger partial charge on any atom is 0.324 e. The summed E-state index contributed by atoms with van der Waals surface area (Å²) in [6, 6.07) is 6.80. The van der Waals surface area contributed by atoms with E-state index < -0.39 is 0 Å². The first kappa shape index (κ1) is 18.9. The second kappa shape index (κ2) is 8.70. The highest BCUT2D eigenvalue weighted by Gasteiger charge is 2.33. The van der Waals surface area contributed by atoms with Gasteiger partial charge in [-0.15, -0.1) is 0 Å². The van der Waals surface area contributed by atoms with Crippen molar-refractivity contribution in [2.45, 2.75) is 13.0 Å². The molecule has 2 heterocycles. The Morgan fingerprint density at radius 2 is 1.88 bits per heavy atom. The van der Waals surface area contributed by atoms with Crippen LogP contribution in [-0.4, -0.2) is 85.1 Å². The van der Waals surface area contributed by atoms with Gasteiger partial charge in [-0.3, -0.25) is 19.5 Å². The number of hydrogen-bond acceptors (Lipinski definition) is 5. The van der Waals surface area contributed by atoms with Crippen LogP contribution in [-0.2, 0) is 4.79 Å². The minimum Gasteiger partial charge on any atom is -0.492 e. The molecule has 2 aliphatic heterocycles. The Kier molecular flexibility index (Phi) is 6.34. The van der Waals surface area contributed by atoms with Crippen molar-refractivity contribution in [3.05, 3.63) is 29.3 Å². The maximum absolute atomic E-state index is 12.5. The van der Waals surface area contributed by atoms with Gasteiger partial charge in [-0.25, -0.2) is 4.79 Å². The van der Waals surface area contributed by atoms with Crippen molar-refractivity contribution in [1.82, 2.24) is 20.0 Å². The molecule has 0 bridgehead atoms. The molecule has 1 aromatic carbocycles. The van der Waals surface area contributed by atoms with Crippen molar-refractivity contribution in [3.8, 4) is 5.75 Å². The summed E-state index contributed by atoms with van der Waals surface area (Å²) in [5.41, 5.74) is 0. The largest absolute Gasteiger partial charge is 0.492 e. The van der Waals surface area contributed by atoms with Gasteiger partial charge in [0.2, 0.25) is 5.91 Å². The van der Waals surface area contributed by atoms with Gasteiger partial charge in [-0.05, 0) is 31.2 Å². The Labute approximate surface area is 158 Å². The first-order valence-corrected chi connectivity index (χ1v) is 9.36. The zero-order valence-electron chi connectivity index (χ0n) is 15.0. The van der Waals surface area contributed by atoms with Crippen LogP contribution < -0.4 is 10.1 Å². The van der Waals surface area contributed by atoms with Crippen molar-refractivity contribution in [3.63, 3.8) is 0 Å². The minimum absolute atomic E-state index is 0.112. The predicted octanol–water partition coefficient (Wildman–Crippen LogP) is 1.28. The normalized spacial score (nSPS) is 20.1. The fraction of sp³-hybridized carbons (Fsp3) is 0.556. The van der Waals surface area contributed by atoms with Gasteiger partial charge in [0.1, 0.15) is 12.4 Å². The van der Waals surface area contributed by atoms with E-state index >= 15 is 0 Å². The summed E-state index contributed by atoms with van der Waals surface area (Å²) in [7, 11) is 0. The predicted molar refractivity (Wildman–Crippen MR) is 99.5 cm³/mol. The molecule has 3 rings (SSSR count). The van der Waals surface area contributed by atoms with E-state index in [0.717, 1.165) is 38.5 Å². The van der Waals surface area contributed by atoms with Gasteiger partial charge in [0.05, 0.1) is 6.04 Å². The highest BCUT2D eigenvalue weighted by atomic mass is 35.5. The highest BCUT2D eigenvalue weighted by molar-refractivity contribution is 6.30. The van der Waals surface area contributed by atoms with Gasteiger partial charge in [0.15, 0.2) is 0 Å². The van der Waals surface area contributed by atoms with Crippen LogP contribution in [0.25, 0.3) is 0 Å². The number of nitrogens with one attached hydrogen (secondary N) is 1. The number of hydrogen-bond donors (Lipinski definition) is 1. The molecule has 0 saturated carbocycles. The number of benzene rings is 1. The Balaban J connectivity index is 1.39. The van der Waals surface area contributed by atoms with E-state index in [1.54, 1.807) is 0 Å². The average molecular weight is 381 g/mol. The van der Waals surface area contributed by atoms with Crippen molar-refractivity contribution >= 4 is 23.5 Å². The van der Waals surface area contributed by atoms with Crippen molar-refractivity contribution in [1.29, 1.82) is 0 Å². The molecule has 1 atom stereocenters. The van der Waals surface area contributed by atoms with Gasteiger partial charge in [-0.1, -0.05) is 11.6 Å². The van der Waals surface area contributed by atoms with Gasteiger partial charge >= 0.3 is 6.03 Å². The highest BCUT2D eigenvalue weighted by Crippen LogP contribution is 2.16. The van der Waals surface area contributed by atoms with E-state index in [9.17, 15) is 9.59 Å². The minimum atomic E-state index is -0.278. The Morgan fingerprint density at radius 1 is 1.19 bits per heavy atom. The SMILES string of the molecule is C[C@@H](C(=O)N1CCNC1=O)N1CCN(CCOc2ccc(Cl)cc2)CC1. The summed E-state index contributed by atoms with van der Waals surface area (Å²) in [5, 5.41) is 3.37. The molecular weight excluding hydrogens is 356 g/mol. The lowest BCUT2D eigenvalue weighted by atomic mass is 10.2. The number of imide groups is 1. The Morgan fingerprint density at radius 3 is 2.50 bits per heavy atom. The summed E-state index contributed by atoms with van der Waals surface area (Å²) >= 11 is 5.86. The van der Waals surface area contributed by atoms with E-state index in [2.05, 4.69) is 15.1 Å². The molecule has 1 aromatic rings. The number of ether oxygens (including phenoxy) is 1. The number of urea groups is 1. The first-order valence-electron chi connectivity index (χ1n) is 8.98. The fourth-order valence-corrected chi connectivity index (χ4v) is 3.39. The van der Waals surface area contributed by atoms with Crippen LogP contribution in [0, 0.1) is 0 Å². The number of carbonyl (C=O) groups is 2. The topological polar surface area (TPSA) is 65.1 Å². The van der Waals surface area contributed by atoms with E-state index in [0.29, 0.717) is 24.7 Å². The molecule has 2 aliphatic rings. The molecule has 2 saturated heterocycles. The van der Waals surface area contributed by atoms with Gasteiger partial charge in [-0.2, -0.15) is 0 Å². The number of rotatable bonds is 6. The Bertz CT molecular complexity index is 632. The molecule has 2 fully saturated rings. The lowest BCUT2D eigenvalue weighted by molar-refractivity contribution is -0.133. The molecule has 0 radical (unpaired) electrons. The third kappa shape index (κ3) is 4.66. The summed E-state index contributed by atoms with van der Waals surface area (Å²) in [4.78, 5) is 29.9. The molecule has 0 aliphatic carbocycles. The molecule has 1 N–H and O–H groups in total. The zero-order chi connectivity index (χ0) is 18.5. The number of carbonyl (C=O) groups excluding carboxylic acids is 2. The van der Waals surface area contributed by atoms with Crippen molar-refractivity contribution in [2.24, 2.45) is 0 Å². The zero-order valence-corrected chi connectivity index (χ0v) is 15.7. The van der Waals surface area contributed by atoms with E-state index in [1.807, 2.05) is 31.2 Å². The number of halogens is 1. The quantitative estimate of drug-likeness (QED) is 0.805. The van der Waals surface area contributed by atoms with Crippen LogP contribution in [0.15, 0.2) is 24.3 Å². The average Bonchev–Trinajstić information content (AvgIpc) is 3.09. The van der Waals surface area contributed by atoms with Crippen LogP contribution in [0.2, 0.25) is 5.02 Å². The van der Waals surface area contributed by atoms with Gasteiger partial charge < -0.3 is 10.1 Å². The van der Waals surface area contributed by atoms with Gasteiger partial charge in [0.25, 0.3) is 0 Å². The monoisotopic (exact) mass is 380 g/mol. The molecule has 0 spiro atoms. The van der Waals surface area contributed by atoms with Crippen LogP contribution in [0.5, 0.6) is 5.75 Å². The third-order valence-electron chi connectivity index (χ3n) is 4.92. The molecule has 142 valence electrons. The van der Waals surface area contributed by atoms with Gasteiger partial charge in [0, 0.05) is 50.8 Å². The fourth-order valence-electron chi connectivity index (χ4n) is 3.26. The molecule has 0 aromatic heterocycles. The standard InChI is InChI=1S/C18H25ClN4O3/c1-14(17(24)23-7-6-20-18(23)25)22-10-8-21(9-11-22)12-13-26-16-4-2-15(19)3-5-16/h2-5,14H,6-13H2,1H3,(H,20,25)/t14-/m0/s1. The number of piperazine rings is 1. The third-order valence-corrected chi connectivity index (χ3v) is 5.18. The summed E-state index contributed by atoms with van der Waals surface area (Å²) < 4.78 is 5.74. The summed E-state index contributed by atoms with van der Waals surface area (Å²) in [6.07, 6.45) is 0. The number of amides is 3. The van der Waals surface area contributed by atoms with Crippen molar-refractivity contribution < 1.29 is 14.3 Å². The lowest BCUT2D eigenvalue weighted by Gasteiger charge is -2.38. The second-order valence-corrected chi connectivity index (χ2v) is 7.01. The van der Waals surface area contributed by atoms with Crippen LogP contribution in [0.4, 0.5) is 4.79 Å². The molecular formula is C18H25ClN4O3. The molecule has 26 heavy (non-hydrogen) atoms. The second-order valence-electron chi connectivity index (χ2n) is 6.58. The summed E-state index contributed by atoms with van der Waals surface area (Å²) in [5.74, 6) is 0.704. The summed E-state index contributed by atoms with van der Waals surface area (Å²) in [6.45, 7) is 7.72. The first-order chi connectivity index (χ1) is 12.5. The maximum atomic E-state index is 12.5. The van der Waals surface area contributed by atoms with Crippen LogP contribution in [0.1, 0.15) is 6.92 Å². The van der Waals surface area contributed by atoms with Crippen LogP contribution >= 0.6 is 11.6 Å². The number of nitrogens with zero attached hydrogens (tertiary/aromatic N) is 3. The molecule has 3 amide bonds. The van der Waals surface area contributed by atoms with E-state index in [1.165, 1.54) is 4.90 Å². The lowest BCUT2D eigenvalue weighted by Crippen LogP contribution is -2.55. The van der Waals surface area contributed by atoms with Crippen molar-refractivity contribution in [2.75, 3.05) is 52.4 Å². The van der Waals surface area contributed by atoms with Crippen LogP contribution in [0.3, 0.4) is 0 Å². The molecule has 7 nitrogen and oxygen atoms in total.